The van der Waals surface area contributed by atoms with Gasteiger partial charge in [-0.25, -0.2) is 16.8 Å². The summed E-state index contributed by atoms with van der Waals surface area (Å²) < 4.78 is 46.0. The zero-order valence-electron chi connectivity index (χ0n) is 10.1. The molecule has 102 valence electrons. The first-order valence-corrected chi connectivity index (χ1v) is 8.47. The third-order valence-corrected chi connectivity index (χ3v) is 5.04. The van der Waals surface area contributed by atoms with Crippen LogP contribution in [0.25, 0.3) is 0 Å². The second-order valence-corrected chi connectivity index (χ2v) is 8.00. The monoisotopic (exact) mass is 292 g/mol. The molecule has 0 unspecified atom stereocenters. The minimum Gasteiger partial charge on any atom is -0.211 e. The highest BCUT2D eigenvalue weighted by Gasteiger charge is 2.19. The van der Waals surface area contributed by atoms with Gasteiger partial charge in [0, 0.05) is 0 Å². The second-order valence-electron chi connectivity index (χ2n) is 4.04. The number of hydrazine groups is 1. The number of benzene rings is 1. The molecule has 0 aromatic heterocycles. The molecule has 0 saturated heterocycles. The van der Waals surface area contributed by atoms with Crippen LogP contribution >= 0.6 is 0 Å². The van der Waals surface area contributed by atoms with Gasteiger partial charge >= 0.3 is 0 Å². The summed E-state index contributed by atoms with van der Waals surface area (Å²) in [6.07, 6.45) is 0. The summed E-state index contributed by atoms with van der Waals surface area (Å²) in [7, 11) is -7.41. The molecule has 1 rings (SSSR count). The zero-order chi connectivity index (χ0) is 13.8. The van der Waals surface area contributed by atoms with Gasteiger partial charge in [0.2, 0.25) is 20.0 Å². The number of sulfonamides is 2. The molecule has 0 radical (unpaired) electrons. The number of rotatable bonds is 6. The Balaban J connectivity index is 2.68. The molecule has 0 amide bonds. The summed E-state index contributed by atoms with van der Waals surface area (Å²) >= 11 is 0. The maximum absolute atomic E-state index is 11.6. The average Bonchev–Trinajstić information content (AvgIpc) is 2.27. The second kappa shape index (κ2) is 5.79. The normalized spacial score (nSPS) is 12.8. The SMILES string of the molecule is CC(C)S(=O)(=O)NNS(=O)(=O)Cc1ccccc1. The standard InChI is InChI=1S/C10H16N2O4S2/c1-9(2)18(15,16)12-11-17(13,14)8-10-6-4-3-5-7-10/h3-7,9,11-12H,8H2,1-2H3. The van der Waals surface area contributed by atoms with Crippen LogP contribution in [0.1, 0.15) is 19.4 Å². The molecule has 2 N–H and O–H groups in total. The van der Waals surface area contributed by atoms with Crippen LogP contribution in [0.4, 0.5) is 0 Å². The number of nitrogens with one attached hydrogen (secondary N) is 2. The molecule has 0 atom stereocenters. The molecule has 0 aliphatic carbocycles. The van der Waals surface area contributed by atoms with E-state index in [1.165, 1.54) is 13.8 Å². The molecule has 0 aliphatic heterocycles. The van der Waals surface area contributed by atoms with E-state index in [9.17, 15) is 16.8 Å². The van der Waals surface area contributed by atoms with E-state index in [4.69, 9.17) is 0 Å². The number of hydrogen-bond acceptors (Lipinski definition) is 4. The molecule has 0 fully saturated rings. The van der Waals surface area contributed by atoms with Gasteiger partial charge in [-0.05, 0) is 19.4 Å². The summed E-state index contributed by atoms with van der Waals surface area (Å²) in [5.74, 6) is -0.283. The molecular formula is C10H16N2O4S2. The topological polar surface area (TPSA) is 92.3 Å². The largest absolute Gasteiger partial charge is 0.229 e. The quantitative estimate of drug-likeness (QED) is 0.740. The molecule has 18 heavy (non-hydrogen) atoms. The molecule has 1 aromatic carbocycles. The average molecular weight is 292 g/mol. The van der Waals surface area contributed by atoms with Crippen LogP contribution < -0.4 is 9.66 Å². The van der Waals surface area contributed by atoms with Crippen molar-refractivity contribution in [2.24, 2.45) is 0 Å². The van der Waals surface area contributed by atoms with Crippen molar-refractivity contribution < 1.29 is 16.8 Å². The van der Waals surface area contributed by atoms with E-state index in [1.807, 2.05) is 9.66 Å². The third kappa shape index (κ3) is 4.73. The molecule has 6 nitrogen and oxygen atoms in total. The smallest absolute Gasteiger partial charge is 0.211 e. The first-order chi connectivity index (χ1) is 8.23. The molecular weight excluding hydrogens is 276 g/mol. The Labute approximate surface area is 107 Å². The van der Waals surface area contributed by atoms with Gasteiger partial charge in [0.25, 0.3) is 0 Å². The molecule has 0 heterocycles. The maximum atomic E-state index is 11.6. The van der Waals surface area contributed by atoms with Crippen molar-refractivity contribution in [2.75, 3.05) is 0 Å². The Morgan fingerprint density at radius 1 is 1.00 bits per heavy atom. The van der Waals surface area contributed by atoms with Gasteiger partial charge in [0.1, 0.15) is 0 Å². The van der Waals surface area contributed by atoms with Gasteiger partial charge in [-0.2, -0.15) is 0 Å². The van der Waals surface area contributed by atoms with Gasteiger partial charge < -0.3 is 0 Å². The van der Waals surface area contributed by atoms with E-state index in [2.05, 4.69) is 0 Å². The lowest BCUT2D eigenvalue weighted by atomic mass is 10.2. The van der Waals surface area contributed by atoms with E-state index in [-0.39, 0.29) is 5.75 Å². The van der Waals surface area contributed by atoms with Gasteiger partial charge in [0.05, 0.1) is 11.0 Å². The molecule has 0 saturated carbocycles. The van der Waals surface area contributed by atoms with Crippen LogP contribution in [-0.2, 0) is 25.8 Å². The van der Waals surface area contributed by atoms with Crippen LogP contribution in [0.3, 0.4) is 0 Å². The van der Waals surface area contributed by atoms with Gasteiger partial charge in [0.15, 0.2) is 0 Å². The van der Waals surface area contributed by atoms with E-state index in [1.54, 1.807) is 30.3 Å². The van der Waals surface area contributed by atoms with E-state index in [0.717, 1.165) is 0 Å². The Bertz CT molecular complexity index is 580. The van der Waals surface area contributed by atoms with Gasteiger partial charge in [-0.3, -0.25) is 0 Å². The van der Waals surface area contributed by atoms with Crippen LogP contribution in [0.2, 0.25) is 0 Å². The van der Waals surface area contributed by atoms with Crippen molar-refractivity contribution in [1.29, 1.82) is 0 Å². The van der Waals surface area contributed by atoms with Crippen LogP contribution in [0.15, 0.2) is 30.3 Å². The summed E-state index contributed by atoms with van der Waals surface area (Å²) in [6, 6.07) is 8.49. The first kappa shape index (κ1) is 15.1. The summed E-state index contributed by atoms with van der Waals surface area (Å²) in [5, 5.41) is -0.711. The van der Waals surface area contributed by atoms with Crippen molar-refractivity contribution in [2.45, 2.75) is 24.9 Å². The van der Waals surface area contributed by atoms with Crippen molar-refractivity contribution in [1.82, 2.24) is 9.66 Å². The van der Waals surface area contributed by atoms with Crippen LogP contribution in [-0.4, -0.2) is 22.1 Å². The molecule has 0 bridgehead atoms. The van der Waals surface area contributed by atoms with Crippen LogP contribution in [0.5, 0.6) is 0 Å². The highest BCUT2D eigenvalue weighted by molar-refractivity contribution is 7.92. The van der Waals surface area contributed by atoms with E-state index in [0.29, 0.717) is 5.56 Å². The minimum atomic E-state index is -3.74. The third-order valence-electron chi connectivity index (χ3n) is 2.16. The van der Waals surface area contributed by atoms with Crippen molar-refractivity contribution in [3.63, 3.8) is 0 Å². The lowest BCUT2D eigenvalue weighted by molar-refractivity contribution is 0.552. The van der Waals surface area contributed by atoms with Crippen molar-refractivity contribution in [3.8, 4) is 0 Å². The predicted octanol–water partition coefficient (Wildman–Crippen LogP) is 0.349. The fourth-order valence-electron chi connectivity index (χ4n) is 1.07. The fraction of sp³-hybridized carbons (Fsp3) is 0.400. The molecule has 8 heteroatoms. The Hall–Kier alpha value is -0.960. The molecule has 1 aromatic rings. The Kier molecular flexibility index (Phi) is 4.85. The summed E-state index contributed by atoms with van der Waals surface area (Å²) in [6.45, 7) is 2.90. The Morgan fingerprint density at radius 3 is 2.06 bits per heavy atom. The maximum Gasteiger partial charge on any atom is 0.229 e. The van der Waals surface area contributed by atoms with Gasteiger partial charge in [-0.1, -0.05) is 30.3 Å². The Morgan fingerprint density at radius 2 is 1.56 bits per heavy atom. The van der Waals surface area contributed by atoms with E-state index >= 15 is 0 Å². The lowest BCUT2D eigenvalue weighted by Crippen LogP contribution is -2.44. The van der Waals surface area contributed by atoms with E-state index < -0.39 is 25.3 Å². The summed E-state index contributed by atoms with van der Waals surface area (Å²) in [5.41, 5.74) is 0.578. The van der Waals surface area contributed by atoms with Crippen LogP contribution in [0, 0.1) is 0 Å². The minimum absolute atomic E-state index is 0.283. The summed E-state index contributed by atoms with van der Waals surface area (Å²) in [4.78, 5) is 3.72. The fourth-order valence-corrected chi connectivity index (χ4v) is 2.98. The molecule has 0 aliphatic rings. The van der Waals surface area contributed by atoms with Crippen molar-refractivity contribution in [3.05, 3.63) is 35.9 Å². The van der Waals surface area contributed by atoms with Gasteiger partial charge in [-0.15, -0.1) is 9.66 Å². The lowest BCUT2D eigenvalue weighted by Gasteiger charge is -2.11. The number of hydrogen-bond donors (Lipinski definition) is 2. The first-order valence-electron chi connectivity index (χ1n) is 5.27. The highest BCUT2D eigenvalue weighted by Crippen LogP contribution is 2.03. The highest BCUT2D eigenvalue weighted by atomic mass is 32.2. The molecule has 0 spiro atoms. The van der Waals surface area contributed by atoms with Crippen molar-refractivity contribution >= 4 is 20.0 Å². The predicted molar refractivity (Wildman–Crippen MR) is 69.4 cm³/mol. The zero-order valence-corrected chi connectivity index (χ0v) is 11.8.